The fourth-order valence-corrected chi connectivity index (χ4v) is 2.38. The van der Waals surface area contributed by atoms with Gasteiger partial charge >= 0.3 is 6.03 Å². The third kappa shape index (κ3) is 6.35. The molecule has 1 atom stereocenters. The van der Waals surface area contributed by atoms with Crippen molar-refractivity contribution in [1.82, 2.24) is 5.32 Å². The van der Waals surface area contributed by atoms with Gasteiger partial charge in [-0.2, -0.15) is 0 Å². The third-order valence-electron chi connectivity index (χ3n) is 3.54. The van der Waals surface area contributed by atoms with Crippen molar-refractivity contribution in [3.05, 3.63) is 23.8 Å². The molecule has 2 amide bonds. The highest BCUT2D eigenvalue weighted by molar-refractivity contribution is 5.90. The lowest BCUT2D eigenvalue weighted by atomic mass is 10.0. The van der Waals surface area contributed by atoms with E-state index in [1.807, 2.05) is 32.0 Å². The van der Waals surface area contributed by atoms with Gasteiger partial charge in [0.2, 0.25) is 0 Å². The molecule has 0 saturated carbocycles. The van der Waals surface area contributed by atoms with Gasteiger partial charge in [0, 0.05) is 18.8 Å². The Labute approximate surface area is 133 Å². The molecule has 0 aliphatic heterocycles. The molecule has 1 aromatic carbocycles. The van der Waals surface area contributed by atoms with Gasteiger partial charge in [0.1, 0.15) is 5.75 Å². The number of nitrogens with one attached hydrogen (secondary N) is 2. The molecular weight excluding hydrogens is 280 g/mol. The summed E-state index contributed by atoms with van der Waals surface area (Å²) >= 11 is 0. The van der Waals surface area contributed by atoms with Crippen LogP contribution in [0.4, 0.5) is 10.5 Å². The van der Waals surface area contributed by atoms with Crippen LogP contribution in [0.3, 0.4) is 0 Å². The molecule has 0 aliphatic rings. The maximum Gasteiger partial charge on any atom is 0.319 e. The van der Waals surface area contributed by atoms with E-state index in [0.717, 1.165) is 36.3 Å². The van der Waals surface area contributed by atoms with Crippen molar-refractivity contribution < 1.29 is 14.6 Å². The van der Waals surface area contributed by atoms with Crippen LogP contribution in [0.15, 0.2) is 18.2 Å². The van der Waals surface area contributed by atoms with Crippen molar-refractivity contribution in [1.29, 1.82) is 0 Å². The summed E-state index contributed by atoms with van der Waals surface area (Å²) in [6.45, 7) is 7.34. The number of rotatable bonds is 9. The minimum absolute atomic E-state index is 0.159. The van der Waals surface area contributed by atoms with E-state index in [1.54, 1.807) is 0 Å². The molecule has 124 valence electrons. The van der Waals surface area contributed by atoms with Gasteiger partial charge in [-0.25, -0.2) is 4.79 Å². The van der Waals surface area contributed by atoms with E-state index in [-0.39, 0.29) is 12.6 Å². The zero-order valence-electron chi connectivity index (χ0n) is 13.8. The molecule has 0 fully saturated rings. The van der Waals surface area contributed by atoms with Crippen molar-refractivity contribution in [2.45, 2.75) is 40.0 Å². The quantitative estimate of drug-likeness (QED) is 0.655. The zero-order chi connectivity index (χ0) is 16.4. The van der Waals surface area contributed by atoms with Gasteiger partial charge < -0.3 is 20.5 Å². The standard InChI is InChI=1S/C17H28N2O3/c1-4-6-14(9-10-20)12-18-17(21)19-16-8-7-15(22-5-2)11-13(16)3/h7-8,11,14,20H,4-6,9-10,12H2,1-3H3,(H2,18,19,21). The van der Waals surface area contributed by atoms with Crippen molar-refractivity contribution >= 4 is 11.7 Å². The summed E-state index contributed by atoms with van der Waals surface area (Å²) in [6, 6.07) is 5.38. The lowest BCUT2D eigenvalue weighted by Gasteiger charge is -2.16. The van der Waals surface area contributed by atoms with E-state index in [9.17, 15) is 4.79 Å². The summed E-state index contributed by atoms with van der Waals surface area (Å²) < 4.78 is 5.43. The SMILES string of the molecule is CCCC(CCO)CNC(=O)Nc1ccc(OCC)cc1C. The van der Waals surface area contributed by atoms with E-state index in [2.05, 4.69) is 17.6 Å². The molecule has 1 rings (SSSR count). The molecule has 0 spiro atoms. The molecule has 3 N–H and O–H groups in total. The Morgan fingerprint density at radius 2 is 2.09 bits per heavy atom. The second-order valence-electron chi connectivity index (χ2n) is 5.41. The Bertz CT molecular complexity index is 457. The summed E-state index contributed by atoms with van der Waals surface area (Å²) in [5.74, 6) is 1.12. The first-order valence-corrected chi connectivity index (χ1v) is 7.99. The first kappa shape index (κ1) is 18.3. The average molecular weight is 308 g/mol. The summed E-state index contributed by atoms with van der Waals surface area (Å²) in [4.78, 5) is 12.0. The number of carbonyl (C=O) groups excluding carboxylic acids is 1. The molecule has 0 aliphatic carbocycles. The minimum atomic E-state index is -0.216. The first-order chi connectivity index (χ1) is 10.6. The van der Waals surface area contributed by atoms with Gasteiger partial charge in [0.15, 0.2) is 0 Å². The van der Waals surface area contributed by atoms with Gasteiger partial charge in [0.05, 0.1) is 6.61 Å². The van der Waals surface area contributed by atoms with Gasteiger partial charge in [-0.05, 0) is 56.4 Å². The van der Waals surface area contributed by atoms with Crippen LogP contribution < -0.4 is 15.4 Å². The van der Waals surface area contributed by atoms with Crippen molar-refractivity contribution in [3.8, 4) is 5.75 Å². The molecule has 1 aromatic rings. The second kappa shape index (κ2) is 10.1. The molecule has 0 aromatic heterocycles. The predicted molar refractivity (Wildman–Crippen MR) is 89.5 cm³/mol. The predicted octanol–water partition coefficient (Wildman–Crippen LogP) is 3.31. The summed E-state index contributed by atoms with van der Waals surface area (Å²) in [7, 11) is 0. The Balaban J connectivity index is 2.50. The summed E-state index contributed by atoms with van der Waals surface area (Å²) in [6.07, 6.45) is 2.77. The Hall–Kier alpha value is -1.75. The molecule has 0 saturated heterocycles. The van der Waals surface area contributed by atoms with Crippen LogP contribution in [0.1, 0.15) is 38.7 Å². The number of aliphatic hydroxyl groups is 1. The molecule has 5 heteroatoms. The highest BCUT2D eigenvalue weighted by atomic mass is 16.5. The number of ether oxygens (including phenoxy) is 1. The van der Waals surface area contributed by atoms with E-state index >= 15 is 0 Å². The summed E-state index contributed by atoms with van der Waals surface area (Å²) in [5, 5.41) is 14.8. The lowest BCUT2D eigenvalue weighted by Crippen LogP contribution is -2.33. The minimum Gasteiger partial charge on any atom is -0.494 e. The third-order valence-corrected chi connectivity index (χ3v) is 3.54. The highest BCUT2D eigenvalue weighted by Crippen LogP contribution is 2.21. The fourth-order valence-electron chi connectivity index (χ4n) is 2.38. The maximum atomic E-state index is 12.0. The van der Waals surface area contributed by atoms with Crippen molar-refractivity contribution in [2.24, 2.45) is 5.92 Å². The topological polar surface area (TPSA) is 70.6 Å². The van der Waals surface area contributed by atoms with Crippen molar-refractivity contribution in [3.63, 3.8) is 0 Å². The molecule has 5 nitrogen and oxygen atoms in total. The zero-order valence-corrected chi connectivity index (χ0v) is 13.8. The molecular formula is C17H28N2O3. The number of hydrogen-bond donors (Lipinski definition) is 3. The van der Waals surface area contributed by atoms with E-state index in [0.29, 0.717) is 19.1 Å². The first-order valence-electron chi connectivity index (χ1n) is 7.99. The number of hydrogen-bond acceptors (Lipinski definition) is 3. The van der Waals surface area contributed by atoms with Crippen LogP contribution in [0.5, 0.6) is 5.75 Å². The second-order valence-corrected chi connectivity index (χ2v) is 5.41. The van der Waals surface area contributed by atoms with Gasteiger partial charge in [0.25, 0.3) is 0 Å². The number of anilines is 1. The normalized spacial score (nSPS) is 11.8. The number of urea groups is 1. The highest BCUT2D eigenvalue weighted by Gasteiger charge is 2.10. The van der Waals surface area contributed by atoms with Crippen molar-refractivity contribution in [2.75, 3.05) is 25.1 Å². The van der Waals surface area contributed by atoms with Crippen LogP contribution in [-0.2, 0) is 0 Å². The molecule has 0 heterocycles. The van der Waals surface area contributed by atoms with Crippen LogP contribution in [0, 0.1) is 12.8 Å². The smallest absolute Gasteiger partial charge is 0.319 e. The number of aliphatic hydroxyl groups excluding tert-OH is 1. The number of benzene rings is 1. The molecule has 0 bridgehead atoms. The molecule has 22 heavy (non-hydrogen) atoms. The van der Waals surface area contributed by atoms with Crippen LogP contribution in [0.25, 0.3) is 0 Å². The summed E-state index contributed by atoms with van der Waals surface area (Å²) in [5.41, 5.74) is 1.73. The van der Waals surface area contributed by atoms with Gasteiger partial charge in [-0.15, -0.1) is 0 Å². The maximum absolute atomic E-state index is 12.0. The number of amides is 2. The van der Waals surface area contributed by atoms with Crippen LogP contribution in [0.2, 0.25) is 0 Å². The van der Waals surface area contributed by atoms with Gasteiger partial charge in [-0.1, -0.05) is 13.3 Å². The Morgan fingerprint density at radius 1 is 1.32 bits per heavy atom. The van der Waals surface area contributed by atoms with Crippen LogP contribution >= 0.6 is 0 Å². The van der Waals surface area contributed by atoms with E-state index < -0.39 is 0 Å². The lowest BCUT2D eigenvalue weighted by molar-refractivity contribution is 0.236. The van der Waals surface area contributed by atoms with Gasteiger partial charge in [-0.3, -0.25) is 0 Å². The average Bonchev–Trinajstić information content (AvgIpc) is 2.48. The molecule has 0 radical (unpaired) electrons. The van der Waals surface area contributed by atoms with E-state index in [4.69, 9.17) is 9.84 Å². The Morgan fingerprint density at radius 3 is 2.68 bits per heavy atom. The largest absolute Gasteiger partial charge is 0.494 e. The number of carbonyl (C=O) groups is 1. The van der Waals surface area contributed by atoms with E-state index in [1.165, 1.54) is 0 Å². The van der Waals surface area contributed by atoms with Crippen LogP contribution in [-0.4, -0.2) is 30.9 Å². The Kier molecular flexibility index (Phi) is 8.36. The fraction of sp³-hybridized carbons (Fsp3) is 0.588. The molecule has 1 unspecified atom stereocenters. The number of aryl methyl sites for hydroxylation is 1. The monoisotopic (exact) mass is 308 g/mol.